The van der Waals surface area contributed by atoms with E-state index >= 15 is 0 Å². The highest BCUT2D eigenvalue weighted by Gasteiger charge is 2.57. The number of hydrogen-bond acceptors (Lipinski definition) is 8. The topological polar surface area (TPSA) is 105 Å². The molecular weight excluding hydrogens is 680 g/mol. The molecule has 8 aliphatic carbocycles. The second kappa shape index (κ2) is 12.8. The second-order valence-electron chi connectivity index (χ2n) is 18.2. The molecular formula is C46H54O8. The minimum absolute atomic E-state index is 0.0606. The molecule has 4 atom stereocenters. The number of rotatable bonds is 8. The Morgan fingerprint density at radius 1 is 0.407 bits per heavy atom. The molecule has 286 valence electrons. The smallest absolute Gasteiger partial charge is 0.308 e. The third kappa shape index (κ3) is 5.75. The maximum absolute atomic E-state index is 12.9. The molecule has 0 bridgehead atoms. The Balaban J connectivity index is 1.26. The molecule has 1 aromatic rings. The van der Waals surface area contributed by atoms with E-state index in [0.717, 1.165) is 77.0 Å². The van der Waals surface area contributed by atoms with Crippen molar-refractivity contribution in [3.63, 3.8) is 0 Å². The van der Waals surface area contributed by atoms with Gasteiger partial charge in [0.2, 0.25) is 0 Å². The molecule has 4 unspecified atom stereocenters. The maximum atomic E-state index is 12.9. The Kier molecular flexibility index (Phi) is 8.48. The zero-order valence-electron chi connectivity index (χ0n) is 32.4. The van der Waals surface area contributed by atoms with E-state index in [2.05, 4.69) is 36.4 Å². The molecule has 0 heterocycles. The largest absolute Gasteiger partial charge is 0.469 e. The van der Waals surface area contributed by atoms with Gasteiger partial charge in [0.25, 0.3) is 0 Å². The fraction of sp³-hybridized carbons (Fsp3) is 0.609. The van der Waals surface area contributed by atoms with Crippen molar-refractivity contribution in [2.45, 2.75) is 103 Å². The van der Waals surface area contributed by atoms with E-state index in [1.807, 2.05) is 0 Å². The molecule has 1 aromatic carbocycles. The highest BCUT2D eigenvalue weighted by Crippen LogP contribution is 2.70. The summed E-state index contributed by atoms with van der Waals surface area (Å²) in [4.78, 5) is 51.5. The second-order valence-corrected chi connectivity index (χ2v) is 18.2. The Labute approximate surface area is 318 Å². The van der Waals surface area contributed by atoms with Crippen molar-refractivity contribution < 1.29 is 38.1 Å². The van der Waals surface area contributed by atoms with Gasteiger partial charge in [-0.25, -0.2) is 0 Å². The van der Waals surface area contributed by atoms with Crippen molar-refractivity contribution in [1.29, 1.82) is 0 Å². The lowest BCUT2D eigenvalue weighted by atomic mass is 9.67. The Morgan fingerprint density at radius 2 is 0.611 bits per heavy atom. The van der Waals surface area contributed by atoms with Crippen molar-refractivity contribution in [2.75, 3.05) is 28.4 Å². The first kappa shape index (κ1) is 35.7. The Morgan fingerprint density at radius 3 is 0.778 bits per heavy atom. The normalized spacial score (nSPS) is 30.0. The van der Waals surface area contributed by atoms with Gasteiger partial charge < -0.3 is 18.9 Å². The fourth-order valence-corrected chi connectivity index (χ4v) is 11.5. The number of allylic oxidation sites excluding steroid dienone is 8. The predicted molar refractivity (Wildman–Crippen MR) is 204 cm³/mol. The molecule has 54 heavy (non-hydrogen) atoms. The molecule has 0 amide bonds. The molecule has 4 spiro atoms. The minimum Gasteiger partial charge on any atom is -0.469 e. The monoisotopic (exact) mass is 734 g/mol. The van der Waals surface area contributed by atoms with Crippen molar-refractivity contribution in [1.82, 2.24) is 0 Å². The number of methoxy groups -OCH3 is 4. The van der Waals surface area contributed by atoms with Crippen LogP contribution >= 0.6 is 0 Å². The number of benzene rings is 1. The van der Waals surface area contributed by atoms with E-state index in [4.69, 9.17) is 18.9 Å². The summed E-state index contributed by atoms with van der Waals surface area (Å²) in [7, 11) is 5.97. The minimum atomic E-state index is -0.135. The van der Waals surface area contributed by atoms with E-state index in [-0.39, 0.29) is 69.2 Å². The summed E-state index contributed by atoms with van der Waals surface area (Å²) in [5, 5.41) is 0. The molecule has 0 radical (unpaired) electrons. The third-order valence-corrected chi connectivity index (χ3v) is 15.1. The summed E-state index contributed by atoms with van der Waals surface area (Å²) >= 11 is 0. The van der Waals surface area contributed by atoms with Gasteiger partial charge in [-0.2, -0.15) is 0 Å². The molecule has 0 aliphatic heterocycles. The van der Waals surface area contributed by atoms with Crippen LogP contribution in [-0.2, 0) is 38.1 Å². The Hall–Kier alpha value is -3.94. The zero-order chi connectivity index (χ0) is 37.6. The van der Waals surface area contributed by atoms with Crippen molar-refractivity contribution in [3.05, 3.63) is 58.7 Å². The van der Waals surface area contributed by atoms with Crippen molar-refractivity contribution in [3.8, 4) is 0 Å². The van der Waals surface area contributed by atoms with Gasteiger partial charge in [0, 0.05) is 0 Å². The number of esters is 4. The van der Waals surface area contributed by atoms with E-state index in [9.17, 15) is 19.2 Å². The van der Waals surface area contributed by atoms with Gasteiger partial charge in [0.1, 0.15) is 0 Å². The van der Waals surface area contributed by atoms with Gasteiger partial charge >= 0.3 is 23.9 Å². The predicted octanol–water partition coefficient (Wildman–Crippen LogP) is 8.67. The summed E-state index contributed by atoms with van der Waals surface area (Å²) in [5.74, 6) is -1.04. The lowest BCUT2D eigenvalue weighted by molar-refractivity contribution is -0.146. The van der Waals surface area contributed by atoms with Crippen molar-refractivity contribution >= 4 is 46.2 Å². The van der Waals surface area contributed by atoms with Gasteiger partial charge in [-0.15, -0.1) is 0 Å². The van der Waals surface area contributed by atoms with Crippen molar-refractivity contribution in [2.24, 2.45) is 45.3 Å². The van der Waals surface area contributed by atoms with E-state index in [0.29, 0.717) is 25.7 Å². The molecule has 8 aliphatic rings. The zero-order valence-corrected chi connectivity index (χ0v) is 32.4. The summed E-state index contributed by atoms with van der Waals surface area (Å²) < 4.78 is 21.0. The molecule has 0 saturated heterocycles. The number of ether oxygens (including phenoxy) is 4. The Bertz CT molecular complexity index is 1670. The maximum Gasteiger partial charge on any atom is 0.308 e. The van der Waals surface area contributed by atoms with Crippen LogP contribution in [0.2, 0.25) is 0 Å². The quantitative estimate of drug-likeness (QED) is 0.193. The summed E-state index contributed by atoms with van der Waals surface area (Å²) in [6.07, 6.45) is 23.6. The standard InChI is InChI=1S/C46H54O8/c1-51-39(47)27-5-9-35(43(23-27)13-14-43)31-21-33(37-11-7-29(41(49)53-3)25-45(37)17-18-45)34(38-12-8-30(42(50)54-4)26-46(38)19-20-46)22-32(31)36-10-6-28(40(48)52-2)24-44(36)15-16-44/h9-12,21-22,27-30H,5-8,13-20,23-26H2,1-4H3. The molecule has 8 heteroatoms. The lowest BCUT2D eigenvalue weighted by Gasteiger charge is -2.37. The first-order valence-electron chi connectivity index (χ1n) is 20.4. The molecule has 0 aromatic heterocycles. The van der Waals surface area contributed by atoms with E-state index in [1.54, 1.807) is 0 Å². The average molecular weight is 735 g/mol. The van der Waals surface area contributed by atoms with Crippen LogP contribution < -0.4 is 0 Å². The first-order valence-corrected chi connectivity index (χ1v) is 20.4. The summed E-state index contributed by atoms with van der Waals surface area (Å²) in [5.41, 5.74) is 10.3. The van der Waals surface area contributed by atoms with Crippen LogP contribution in [0.1, 0.15) is 125 Å². The summed E-state index contributed by atoms with van der Waals surface area (Å²) in [6, 6.07) is 5.01. The molecule has 8 nitrogen and oxygen atoms in total. The number of carbonyl (C=O) groups excluding carboxylic acids is 4. The SMILES string of the molecule is COC(=O)C1CC=C(c2cc(C3=CCC(C(=O)OC)CC34CC4)c(C3=CCC(C(=O)OC)CC34CC4)cc2C2=CCC(C(=O)OC)CC23CC3)C2(CC2)C1. The van der Waals surface area contributed by atoms with Gasteiger partial charge in [0.05, 0.1) is 52.1 Å². The molecule has 4 saturated carbocycles. The summed E-state index contributed by atoms with van der Waals surface area (Å²) in [6.45, 7) is 0. The highest BCUT2D eigenvalue weighted by molar-refractivity contribution is 5.95. The molecule has 4 fully saturated rings. The van der Waals surface area contributed by atoms with Crippen LogP contribution in [0.25, 0.3) is 22.3 Å². The molecule has 9 rings (SSSR count). The van der Waals surface area contributed by atoms with E-state index in [1.165, 1.54) is 73.0 Å². The van der Waals surface area contributed by atoms with Gasteiger partial charge in [0.15, 0.2) is 0 Å². The lowest BCUT2D eigenvalue weighted by Crippen LogP contribution is -2.28. The number of carbonyl (C=O) groups is 4. The third-order valence-electron chi connectivity index (χ3n) is 15.1. The van der Waals surface area contributed by atoms with Crippen LogP contribution in [-0.4, -0.2) is 52.3 Å². The molecule has 0 N–H and O–H groups in total. The van der Waals surface area contributed by atoms with E-state index < -0.39 is 0 Å². The van der Waals surface area contributed by atoms with Crippen LogP contribution in [0.3, 0.4) is 0 Å². The van der Waals surface area contributed by atoms with Crippen LogP contribution in [0.5, 0.6) is 0 Å². The van der Waals surface area contributed by atoms with Gasteiger partial charge in [-0.1, -0.05) is 24.3 Å². The van der Waals surface area contributed by atoms with Crippen LogP contribution in [0.4, 0.5) is 0 Å². The average Bonchev–Trinajstić information content (AvgIpc) is 3.99. The van der Waals surface area contributed by atoms with Gasteiger partial charge in [-0.3, -0.25) is 19.2 Å². The van der Waals surface area contributed by atoms with Crippen LogP contribution in [0.15, 0.2) is 36.4 Å². The van der Waals surface area contributed by atoms with Crippen LogP contribution in [0, 0.1) is 45.3 Å². The van der Waals surface area contributed by atoms with Gasteiger partial charge in [-0.05, 0) is 181 Å². The first-order chi connectivity index (χ1) is 26.0. The fourth-order valence-electron chi connectivity index (χ4n) is 11.5. The highest BCUT2D eigenvalue weighted by atomic mass is 16.5. The number of hydrogen-bond donors (Lipinski definition) is 0.